The van der Waals surface area contributed by atoms with Crippen molar-refractivity contribution in [2.45, 2.75) is 33.2 Å². The molecule has 9 heteroatoms. The summed E-state index contributed by atoms with van der Waals surface area (Å²) in [6, 6.07) is 13.2. The lowest BCUT2D eigenvalue weighted by molar-refractivity contribution is -0.119. The van der Waals surface area contributed by atoms with Gasteiger partial charge >= 0.3 is 0 Å². The molecule has 164 valence electrons. The number of aromatic nitrogens is 3. The Morgan fingerprint density at radius 3 is 2.69 bits per heavy atom. The Hall–Kier alpha value is -4.01. The zero-order chi connectivity index (χ0) is 22.7. The van der Waals surface area contributed by atoms with Crippen LogP contribution in [0.15, 0.2) is 47.6 Å². The number of ether oxygens (including phenoxy) is 1. The second-order valence-electron chi connectivity index (χ2n) is 7.56. The van der Waals surface area contributed by atoms with E-state index in [0.29, 0.717) is 29.5 Å². The van der Waals surface area contributed by atoms with Gasteiger partial charge in [0.05, 0.1) is 19.3 Å². The van der Waals surface area contributed by atoms with E-state index in [1.165, 1.54) is 5.01 Å². The lowest BCUT2D eigenvalue weighted by Crippen LogP contribution is -2.39. The summed E-state index contributed by atoms with van der Waals surface area (Å²) in [5.41, 5.74) is 3.77. The highest BCUT2D eigenvalue weighted by atomic mass is 16.5. The maximum absolute atomic E-state index is 12.7. The molecule has 0 saturated heterocycles. The van der Waals surface area contributed by atoms with Gasteiger partial charge < -0.3 is 10.1 Å². The van der Waals surface area contributed by atoms with E-state index in [1.807, 2.05) is 56.3 Å². The van der Waals surface area contributed by atoms with Crippen molar-refractivity contribution in [3.63, 3.8) is 0 Å². The van der Waals surface area contributed by atoms with Crippen molar-refractivity contribution in [3.05, 3.63) is 59.4 Å². The number of rotatable bonds is 6. The van der Waals surface area contributed by atoms with E-state index in [9.17, 15) is 9.59 Å². The monoisotopic (exact) mass is 432 g/mol. The van der Waals surface area contributed by atoms with Gasteiger partial charge in [-0.3, -0.25) is 14.7 Å². The average molecular weight is 432 g/mol. The Morgan fingerprint density at radius 2 is 1.94 bits per heavy atom. The number of anilines is 1. The molecule has 1 aliphatic rings. The molecule has 0 unspecified atom stereocenters. The molecule has 2 aromatic carbocycles. The maximum atomic E-state index is 12.7. The van der Waals surface area contributed by atoms with Gasteiger partial charge in [0.25, 0.3) is 5.91 Å². The third-order valence-corrected chi connectivity index (χ3v) is 5.18. The molecule has 3 aromatic rings. The number of carbonyl (C=O) groups excluding carboxylic acids is 2. The zero-order valence-electron chi connectivity index (χ0n) is 18.2. The summed E-state index contributed by atoms with van der Waals surface area (Å²) in [6.45, 7) is 4.03. The Kier molecular flexibility index (Phi) is 5.98. The summed E-state index contributed by atoms with van der Waals surface area (Å²) in [5, 5.41) is 15.5. The average Bonchev–Trinajstić information content (AvgIpc) is 3.28. The summed E-state index contributed by atoms with van der Waals surface area (Å²) in [5.74, 6) is 1.32. The molecule has 9 nitrogen and oxygen atoms in total. The number of benzene rings is 2. The number of nitrogens with zero attached hydrogens (tertiary/aromatic N) is 4. The van der Waals surface area contributed by atoms with Crippen LogP contribution in [0.1, 0.15) is 29.8 Å². The molecule has 0 spiro atoms. The zero-order valence-corrected chi connectivity index (χ0v) is 18.2. The lowest BCUT2D eigenvalue weighted by atomic mass is 10.1. The van der Waals surface area contributed by atoms with E-state index < -0.39 is 0 Å². The van der Waals surface area contributed by atoms with Crippen LogP contribution in [-0.2, 0) is 16.1 Å². The minimum absolute atomic E-state index is 0.130. The molecule has 2 heterocycles. The summed E-state index contributed by atoms with van der Waals surface area (Å²) >= 11 is 0. The van der Waals surface area contributed by atoms with Gasteiger partial charge in [-0.05, 0) is 55.3 Å². The number of H-pyrrole nitrogens is 1. The Balaban J connectivity index is 1.44. The Bertz CT molecular complexity index is 1180. The highest BCUT2D eigenvalue weighted by Crippen LogP contribution is 2.25. The Morgan fingerprint density at radius 1 is 1.16 bits per heavy atom. The molecule has 32 heavy (non-hydrogen) atoms. The van der Waals surface area contributed by atoms with Gasteiger partial charge in [-0.25, -0.2) is 9.99 Å². The number of aromatic amines is 1. The largest absolute Gasteiger partial charge is 0.497 e. The molecule has 0 atom stereocenters. The fraction of sp³-hybridized carbons (Fsp3) is 0.261. The fourth-order valence-electron chi connectivity index (χ4n) is 3.36. The minimum atomic E-state index is -0.338. The van der Waals surface area contributed by atoms with Crippen LogP contribution in [0.5, 0.6) is 5.75 Å². The molecule has 1 aromatic heterocycles. The van der Waals surface area contributed by atoms with Crippen LogP contribution in [0.3, 0.4) is 0 Å². The van der Waals surface area contributed by atoms with Crippen LogP contribution in [-0.4, -0.2) is 39.8 Å². The molecule has 0 aliphatic carbocycles. The van der Waals surface area contributed by atoms with Gasteiger partial charge in [-0.15, -0.1) is 0 Å². The molecular formula is C23H24N6O3. The second kappa shape index (κ2) is 9.01. The van der Waals surface area contributed by atoms with Crippen molar-refractivity contribution >= 4 is 23.2 Å². The molecule has 4 rings (SSSR count). The predicted molar refractivity (Wildman–Crippen MR) is 120 cm³/mol. The number of nitrogens with one attached hydrogen (secondary N) is 2. The third kappa shape index (κ3) is 4.51. The number of hydrogen-bond donors (Lipinski definition) is 2. The molecular weight excluding hydrogens is 408 g/mol. The van der Waals surface area contributed by atoms with Crippen molar-refractivity contribution in [3.8, 4) is 17.1 Å². The summed E-state index contributed by atoms with van der Waals surface area (Å²) in [6.07, 6.45) is 0.517. The first-order chi connectivity index (χ1) is 15.4. The van der Waals surface area contributed by atoms with Gasteiger partial charge in [0, 0.05) is 18.4 Å². The van der Waals surface area contributed by atoms with Crippen LogP contribution in [0.4, 0.5) is 5.69 Å². The van der Waals surface area contributed by atoms with Gasteiger partial charge in [-0.1, -0.05) is 12.1 Å². The molecule has 2 N–H and O–H groups in total. The highest BCUT2D eigenvalue weighted by Gasteiger charge is 2.26. The van der Waals surface area contributed by atoms with Crippen molar-refractivity contribution in [1.82, 2.24) is 20.5 Å². The number of hydrazone groups is 1. The number of hydrogen-bond acceptors (Lipinski definition) is 6. The van der Waals surface area contributed by atoms with Gasteiger partial charge in [-0.2, -0.15) is 10.2 Å². The van der Waals surface area contributed by atoms with Crippen LogP contribution in [0.25, 0.3) is 11.4 Å². The number of aryl methyl sites for hydroxylation is 2. The smallest absolute Gasteiger partial charge is 0.267 e. The molecule has 2 amide bonds. The maximum Gasteiger partial charge on any atom is 0.267 e. The predicted octanol–water partition coefficient (Wildman–Crippen LogP) is 2.90. The van der Waals surface area contributed by atoms with E-state index in [2.05, 4.69) is 25.6 Å². The molecule has 1 aliphatic heterocycles. The van der Waals surface area contributed by atoms with E-state index in [0.717, 1.165) is 22.4 Å². The van der Waals surface area contributed by atoms with Crippen molar-refractivity contribution in [2.75, 3.05) is 12.1 Å². The first kappa shape index (κ1) is 21.2. The van der Waals surface area contributed by atoms with Crippen molar-refractivity contribution in [1.29, 1.82) is 0 Å². The fourth-order valence-corrected chi connectivity index (χ4v) is 3.36. The van der Waals surface area contributed by atoms with Crippen LogP contribution < -0.4 is 15.1 Å². The number of amides is 2. The molecule has 0 saturated carbocycles. The Labute approximate surface area is 185 Å². The minimum Gasteiger partial charge on any atom is -0.497 e. The number of methoxy groups -OCH3 is 1. The van der Waals surface area contributed by atoms with Gasteiger partial charge in [0.2, 0.25) is 5.91 Å². The summed E-state index contributed by atoms with van der Waals surface area (Å²) in [7, 11) is 1.61. The second-order valence-corrected chi connectivity index (χ2v) is 7.56. The van der Waals surface area contributed by atoms with Crippen LogP contribution in [0.2, 0.25) is 0 Å². The quantitative estimate of drug-likeness (QED) is 0.622. The summed E-state index contributed by atoms with van der Waals surface area (Å²) < 4.78 is 5.16. The highest BCUT2D eigenvalue weighted by molar-refractivity contribution is 6.40. The van der Waals surface area contributed by atoms with Crippen LogP contribution in [0, 0.1) is 13.8 Å². The van der Waals surface area contributed by atoms with E-state index in [-0.39, 0.29) is 24.8 Å². The number of carbonyl (C=O) groups is 2. The summed E-state index contributed by atoms with van der Waals surface area (Å²) in [4.78, 5) is 29.6. The van der Waals surface area contributed by atoms with Crippen molar-refractivity contribution in [2.24, 2.45) is 5.10 Å². The lowest BCUT2D eigenvalue weighted by Gasteiger charge is -2.24. The first-order valence-electron chi connectivity index (χ1n) is 10.3. The topological polar surface area (TPSA) is 113 Å². The van der Waals surface area contributed by atoms with E-state index in [4.69, 9.17) is 4.74 Å². The standard InChI is InChI=1S/C23H24N6O3/c1-14-4-5-15(2)19(12-14)29-21(30)11-10-18(28-29)23(31)24-13-20-25-22(27-26-20)16-6-8-17(32-3)9-7-16/h4-9,12H,10-11,13H2,1-3H3,(H,24,31)(H,25,26,27). The van der Waals surface area contributed by atoms with Gasteiger partial charge in [0.1, 0.15) is 17.3 Å². The SMILES string of the molecule is COc1ccc(-c2n[nH]c(CNC(=O)C3=NN(c4cc(C)ccc4C)C(=O)CC3)n2)cc1. The van der Waals surface area contributed by atoms with Crippen LogP contribution >= 0.6 is 0 Å². The normalized spacial score (nSPS) is 13.7. The molecule has 0 radical (unpaired) electrons. The van der Waals surface area contributed by atoms with E-state index >= 15 is 0 Å². The van der Waals surface area contributed by atoms with Crippen molar-refractivity contribution < 1.29 is 14.3 Å². The molecule has 0 fully saturated rings. The first-order valence-corrected chi connectivity index (χ1v) is 10.3. The third-order valence-electron chi connectivity index (χ3n) is 5.18. The van der Waals surface area contributed by atoms with Gasteiger partial charge in [0.15, 0.2) is 5.82 Å². The van der Waals surface area contributed by atoms with E-state index in [1.54, 1.807) is 7.11 Å². The molecule has 0 bridgehead atoms.